The van der Waals surface area contributed by atoms with Crippen LogP contribution in [0.5, 0.6) is 0 Å². The minimum Gasteiger partial charge on any atom is -0.283 e. The zero-order chi connectivity index (χ0) is 5.28. The second kappa shape index (κ2) is 1.22. The van der Waals surface area contributed by atoms with Crippen LogP contribution >= 0.6 is 0 Å². The summed E-state index contributed by atoms with van der Waals surface area (Å²) < 4.78 is 0. The van der Waals surface area contributed by atoms with Gasteiger partial charge in [-0.3, -0.25) is 5.41 Å². The topological polar surface area (TPSA) is 62.7 Å². The third kappa shape index (κ3) is 0.677. The van der Waals surface area contributed by atoms with Gasteiger partial charge >= 0.3 is 5.96 Å². The number of hydrogen-bond acceptors (Lipinski definition) is 1. The van der Waals surface area contributed by atoms with Crippen molar-refractivity contribution in [2.45, 2.75) is 6.92 Å². The first kappa shape index (κ1) is 4.11. The zero-order valence-electron chi connectivity index (χ0n) is 3.92. The molecule has 0 aromatic heterocycles. The van der Waals surface area contributed by atoms with E-state index in [1.165, 1.54) is 0 Å². The Bertz CT molecular complexity index is 154. The van der Waals surface area contributed by atoms with E-state index in [0.717, 1.165) is 0 Å². The summed E-state index contributed by atoms with van der Waals surface area (Å²) in [7, 11) is 0. The van der Waals surface area contributed by atoms with Gasteiger partial charge in [0.1, 0.15) is 0 Å². The lowest BCUT2D eigenvalue weighted by Gasteiger charge is -1.58. The standard InChI is InChI=1S/C3H4N4/c1-2-5-3(4)7-6-2/h4H,1H3/p+1. The third-order valence-corrected chi connectivity index (χ3v) is 0.574. The SMILES string of the molecule is CC1=NC(=[NH2+])N=N1. The summed E-state index contributed by atoms with van der Waals surface area (Å²) in [5, 5.41) is 12.1. The largest absolute Gasteiger partial charge is 0.448 e. The predicted octanol–water partition coefficient (Wildman–Crippen LogP) is -1.01. The van der Waals surface area contributed by atoms with E-state index in [9.17, 15) is 0 Å². The number of rotatable bonds is 0. The van der Waals surface area contributed by atoms with Crippen LogP contribution in [0.3, 0.4) is 0 Å². The highest BCUT2D eigenvalue weighted by molar-refractivity contribution is 5.96. The molecule has 0 unspecified atom stereocenters. The molecule has 7 heavy (non-hydrogen) atoms. The van der Waals surface area contributed by atoms with Crippen molar-refractivity contribution in [3.05, 3.63) is 0 Å². The quantitative estimate of drug-likeness (QED) is 0.402. The van der Waals surface area contributed by atoms with Gasteiger partial charge in [-0.05, 0) is 10.1 Å². The molecule has 1 rings (SSSR count). The van der Waals surface area contributed by atoms with E-state index in [1.54, 1.807) is 6.92 Å². The fraction of sp³-hybridized carbons (Fsp3) is 0.333. The summed E-state index contributed by atoms with van der Waals surface area (Å²) in [5.41, 5.74) is 0. The summed E-state index contributed by atoms with van der Waals surface area (Å²) >= 11 is 0. The molecule has 2 N–H and O–H groups in total. The fourth-order valence-corrected chi connectivity index (χ4v) is 0.334. The Morgan fingerprint density at radius 3 is 2.29 bits per heavy atom. The van der Waals surface area contributed by atoms with Crippen LogP contribution < -0.4 is 5.41 Å². The highest BCUT2D eigenvalue weighted by Gasteiger charge is 2.10. The summed E-state index contributed by atoms with van der Waals surface area (Å²) in [6.07, 6.45) is 0. The molecular weight excluding hydrogens is 92.1 g/mol. The number of nitrogens with two attached hydrogens (primary N) is 1. The minimum atomic E-state index is 0.248. The van der Waals surface area contributed by atoms with Gasteiger partial charge < -0.3 is 0 Å². The van der Waals surface area contributed by atoms with E-state index in [4.69, 9.17) is 5.41 Å². The van der Waals surface area contributed by atoms with Crippen LogP contribution in [0.25, 0.3) is 0 Å². The van der Waals surface area contributed by atoms with E-state index < -0.39 is 0 Å². The Hall–Kier alpha value is -1.06. The van der Waals surface area contributed by atoms with Crippen LogP contribution in [0.15, 0.2) is 15.2 Å². The maximum atomic E-state index is 5.09. The van der Waals surface area contributed by atoms with Gasteiger partial charge in [-0.15, -0.1) is 0 Å². The lowest BCUT2D eigenvalue weighted by Crippen LogP contribution is -2.36. The monoisotopic (exact) mass is 97.1 g/mol. The number of aliphatic imine (C=N–C) groups is 1. The van der Waals surface area contributed by atoms with Crippen molar-refractivity contribution in [1.82, 2.24) is 0 Å². The predicted molar refractivity (Wildman–Crippen MR) is 24.9 cm³/mol. The molecule has 0 aromatic rings. The van der Waals surface area contributed by atoms with Crippen LogP contribution in [0.4, 0.5) is 0 Å². The molecule has 0 saturated carbocycles. The molecule has 1 aliphatic heterocycles. The van der Waals surface area contributed by atoms with E-state index in [1.807, 2.05) is 0 Å². The van der Waals surface area contributed by atoms with E-state index in [0.29, 0.717) is 5.84 Å². The third-order valence-electron chi connectivity index (χ3n) is 0.574. The highest BCUT2D eigenvalue weighted by atomic mass is 15.3. The van der Waals surface area contributed by atoms with Crippen LogP contribution in [0.1, 0.15) is 6.92 Å². The number of guanidine groups is 1. The fourth-order valence-electron chi connectivity index (χ4n) is 0.334. The molecule has 0 amide bonds. The molecule has 4 nitrogen and oxygen atoms in total. The molecule has 0 fully saturated rings. The van der Waals surface area contributed by atoms with Crippen molar-refractivity contribution in [2.24, 2.45) is 15.2 Å². The summed E-state index contributed by atoms with van der Waals surface area (Å²) in [5.74, 6) is 0.870. The lowest BCUT2D eigenvalue weighted by molar-refractivity contribution is -0.116. The average molecular weight is 97.1 g/mol. The summed E-state index contributed by atoms with van der Waals surface area (Å²) in [6.45, 7) is 1.74. The van der Waals surface area contributed by atoms with E-state index in [-0.39, 0.29) is 5.96 Å². The zero-order valence-corrected chi connectivity index (χ0v) is 3.92. The van der Waals surface area contributed by atoms with Crippen molar-refractivity contribution in [3.8, 4) is 0 Å². The van der Waals surface area contributed by atoms with Gasteiger partial charge in [-0.2, -0.15) is 0 Å². The highest BCUT2D eigenvalue weighted by Crippen LogP contribution is 1.91. The second-order valence-corrected chi connectivity index (χ2v) is 1.22. The Morgan fingerprint density at radius 2 is 2.14 bits per heavy atom. The Labute approximate surface area is 40.5 Å². The molecule has 0 aliphatic carbocycles. The van der Waals surface area contributed by atoms with E-state index in [2.05, 4.69) is 15.2 Å². The summed E-state index contributed by atoms with van der Waals surface area (Å²) in [6, 6.07) is 0. The van der Waals surface area contributed by atoms with Crippen LogP contribution in [-0.4, -0.2) is 11.8 Å². The van der Waals surface area contributed by atoms with Gasteiger partial charge in [0.25, 0.3) is 0 Å². The van der Waals surface area contributed by atoms with Crippen LogP contribution in [-0.2, 0) is 0 Å². The van der Waals surface area contributed by atoms with Gasteiger partial charge in [-0.25, -0.2) is 0 Å². The average Bonchev–Trinajstić information content (AvgIpc) is 1.87. The van der Waals surface area contributed by atoms with Gasteiger partial charge in [0.15, 0.2) is 0 Å². The Kier molecular flexibility index (Phi) is 0.714. The van der Waals surface area contributed by atoms with Crippen LogP contribution in [0.2, 0.25) is 0 Å². The Balaban J connectivity index is 2.88. The maximum Gasteiger partial charge on any atom is 0.448 e. The van der Waals surface area contributed by atoms with E-state index >= 15 is 0 Å². The lowest BCUT2D eigenvalue weighted by atomic mass is 10.7. The molecule has 1 heterocycles. The molecule has 0 radical (unpaired) electrons. The van der Waals surface area contributed by atoms with Crippen LogP contribution in [0, 0.1) is 0 Å². The molecule has 1 aliphatic rings. The van der Waals surface area contributed by atoms with Gasteiger partial charge in [0.2, 0.25) is 5.84 Å². The van der Waals surface area contributed by atoms with Crippen molar-refractivity contribution in [1.29, 1.82) is 0 Å². The van der Waals surface area contributed by atoms with Crippen molar-refractivity contribution in [3.63, 3.8) is 0 Å². The molecule has 4 heteroatoms. The smallest absolute Gasteiger partial charge is 0.283 e. The maximum absolute atomic E-state index is 5.09. The number of nitrogens with zero attached hydrogens (tertiary/aromatic N) is 3. The van der Waals surface area contributed by atoms with Gasteiger partial charge in [0, 0.05) is 6.92 Å². The minimum absolute atomic E-state index is 0.248. The number of azo groups is 1. The first-order valence-electron chi connectivity index (χ1n) is 1.88. The molecule has 0 bridgehead atoms. The summed E-state index contributed by atoms with van der Waals surface area (Å²) in [4.78, 5) is 3.67. The number of hydrogen-bond donors (Lipinski definition) is 1. The Morgan fingerprint density at radius 1 is 1.43 bits per heavy atom. The first-order chi connectivity index (χ1) is 3.29. The second-order valence-electron chi connectivity index (χ2n) is 1.22. The molecular formula is C3H5N4+. The van der Waals surface area contributed by atoms with Crippen molar-refractivity contribution >= 4 is 11.8 Å². The van der Waals surface area contributed by atoms with Gasteiger partial charge in [0.05, 0.1) is 5.11 Å². The first-order valence-corrected chi connectivity index (χ1v) is 1.88. The molecule has 0 saturated heterocycles. The molecule has 0 atom stereocenters. The van der Waals surface area contributed by atoms with Crippen molar-refractivity contribution < 1.29 is 5.41 Å². The molecule has 0 spiro atoms. The normalized spacial score (nSPS) is 17.9. The van der Waals surface area contributed by atoms with Crippen molar-refractivity contribution in [2.75, 3.05) is 0 Å². The number of amidine groups is 1. The van der Waals surface area contributed by atoms with Gasteiger partial charge in [-0.1, -0.05) is 0 Å². The molecule has 0 aromatic carbocycles. The molecule has 36 valence electrons.